The van der Waals surface area contributed by atoms with Crippen LogP contribution in [0.15, 0.2) is 24.3 Å². The molecule has 2 amide bonds. The predicted octanol–water partition coefficient (Wildman–Crippen LogP) is 1.17. The molecular formula is C14H13NO5. The molecule has 2 heterocycles. The first-order valence-electron chi connectivity index (χ1n) is 6.46. The minimum absolute atomic E-state index is 0.255. The number of hydrogen-bond donors (Lipinski definition) is 0. The largest absolute Gasteiger partial charge is 0.381 e. The zero-order chi connectivity index (χ0) is 14.1. The molecule has 0 aromatic heterocycles. The van der Waals surface area contributed by atoms with Crippen LogP contribution >= 0.6 is 0 Å². The lowest BCUT2D eigenvalue weighted by Gasteiger charge is -2.22. The summed E-state index contributed by atoms with van der Waals surface area (Å²) in [7, 11) is 0. The van der Waals surface area contributed by atoms with Crippen LogP contribution in [0.25, 0.3) is 0 Å². The van der Waals surface area contributed by atoms with E-state index in [4.69, 9.17) is 9.57 Å². The van der Waals surface area contributed by atoms with E-state index in [1.165, 1.54) is 12.1 Å². The first-order valence-corrected chi connectivity index (χ1v) is 6.46. The fraction of sp³-hybridized carbons (Fsp3) is 0.357. The third-order valence-electron chi connectivity index (χ3n) is 3.43. The Morgan fingerprint density at radius 2 is 1.85 bits per heavy atom. The Kier molecular flexibility index (Phi) is 3.23. The average molecular weight is 275 g/mol. The molecule has 1 aromatic rings. The summed E-state index contributed by atoms with van der Waals surface area (Å²) in [5, 5.41) is 0.543. The van der Waals surface area contributed by atoms with E-state index in [-0.39, 0.29) is 17.7 Å². The molecule has 20 heavy (non-hydrogen) atoms. The Morgan fingerprint density at radius 1 is 1.20 bits per heavy atom. The molecule has 3 rings (SSSR count). The topological polar surface area (TPSA) is 72.9 Å². The second-order valence-corrected chi connectivity index (χ2v) is 4.77. The van der Waals surface area contributed by atoms with Crippen LogP contribution < -0.4 is 0 Å². The fourth-order valence-electron chi connectivity index (χ4n) is 2.34. The van der Waals surface area contributed by atoms with Crippen LogP contribution in [0.2, 0.25) is 0 Å². The van der Waals surface area contributed by atoms with Crippen LogP contribution in [0, 0.1) is 5.92 Å². The summed E-state index contributed by atoms with van der Waals surface area (Å²) in [5.41, 5.74) is 0.510. The monoisotopic (exact) mass is 275 g/mol. The number of imide groups is 1. The van der Waals surface area contributed by atoms with Gasteiger partial charge in [-0.15, -0.1) is 0 Å². The van der Waals surface area contributed by atoms with Crippen molar-refractivity contribution in [2.45, 2.75) is 12.8 Å². The van der Waals surface area contributed by atoms with Gasteiger partial charge in [-0.1, -0.05) is 17.2 Å². The zero-order valence-electron chi connectivity index (χ0n) is 10.7. The third-order valence-corrected chi connectivity index (χ3v) is 3.43. The number of rotatable bonds is 2. The summed E-state index contributed by atoms with van der Waals surface area (Å²) in [6.07, 6.45) is 1.41. The minimum atomic E-state index is -0.601. The van der Waals surface area contributed by atoms with Crippen molar-refractivity contribution in [1.29, 1.82) is 0 Å². The molecule has 1 fully saturated rings. The highest BCUT2D eigenvalue weighted by Gasteiger charge is 2.39. The zero-order valence-corrected chi connectivity index (χ0v) is 10.7. The van der Waals surface area contributed by atoms with Crippen molar-refractivity contribution in [3.63, 3.8) is 0 Å². The Hall–Kier alpha value is -2.21. The maximum absolute atomic E-state index is 12.0. The molecule has 0 N–H and O–H groups in total. The Balaban J connectivity index is 1.74. The van der Waals surface area contributed by atoms with Crippen molar-refractivity contribution in [2.75, 3.05) is 13.2 Å². The molecule has 0 aliphatic carbocycles. The molecule has 0 spiro atoms. The first-order chi connectivity index (χ1) is 9.68. The molecule has 0 bridgehead atoms. The van der Waals surface area contributed by atoms with E-state index in [0.29, 0.717) is 18.1 Å². The Labute approximate surface area is 115 Å². The van der Waals surface area contributed by atoms with E-state index in [2.05, 4.69) is 0 Å². The number of amides is 2. The smallest absolute Gasteiger partial charge is 0.338 e. The highest BCUT2D eigenvalue weighted by atomic mass is 16.7. The van der Waals surface area contributed by atoms with Gasteiger partial charge in [-0.05, 0) is 25.0 Å². The van der Waals surface area contributed by atoms with E-state index in [1.54, 1.807) is 12.1 Å². The maximum Gasteiger partial charge on any atom is 0.338 e. The fourth-order valence-corrected chi connectivity index (χ4v) is 2.34. The first kappa shape index (κ1) is 12.8. The number of fused-ring (bicyclic) bond motifs is 1. The van der Waals surface area contributed by atoms with Crippen LogP contribution in [0.5, 0.6) is 0 Å². The van der Waals surface area contributed by atoms with Gasteiger partial charge in [-0.25, -0.2) is 4.79 Å². The lowest BCUT2D eigenvalue weighted by Crippen LogP contribution is -2.37. The lowest BCUT2D eigenvalue weighted by atomic mass is 10.0. The average Bonchev–Trinajstić information content (AvgIpc) is 2.74. The quantitative estimate of drug-likeness (QED) is 0.757. The van der Waals surface area contributed by atoms with E-state index < -0.39 is 23.7 Å². The van der Waals surface area contributed by atoms with Gasteiger partial charge in [0.15, 0.2) is 0 Å². The SMILES string of the molecule is O=C(ON1C(=O)c2ccccc2C1=O)C1CCCOC1. The van der Waals surface area contributed by atoms with Crippen LogP contribution in [0.4, 0.5) is 0 Å². The van der Waals surface area contributed by atoms with Gasteiger partial charge in [0.2, 0.25) is 0 Å². The molecule has 2 aliphatic heterocycles. The van der Waals surface area contributed by atoms with Gasteiger partial charge >= 0.3 is 5.97 Å². The van der Waals surface area contributed by atoms with Crippen LogP contribution in [-0.4, -0.2) is 36.1 Å². The number of carbonyl (C=O) groups is 3. The van der Waals surface area contributed by atoms with E-state index in [1.807, 2.05) is 0 Å². The molecular weight excluding hydrogens is 262 g/mol. The number of hydrogen-bond acceptors (Lipinski definition) is 5. The maximum atomic E-state index is 12.0. The molecule has 1 atom stereocenters. The van der Waals surface area contributed by atoms with Crippen molar-refractivity contribution in [2.24, 2.45) is 5.92 Å². The molecule has 0 radical (unpaired) electrons. The molecule has 6 heteroatoms. The number of benzene rings is 1. The van der Waals surface area contributed by atoms with E-state index in [0.717, 1.165) is 6.42 Å². The second kappa shape index (κ2) is 5.05. The lowest BCUT2D eigenvalue weighted by molar-refractivity contribution is -0.177. The molecule has 1 unspecified atom stereocenters. The molecule has 0 saturated carbocycles. The van der Waals surface area contributed by atoms with Gasteiger partial charge in [0.05, 0.1) is 23.7 Å². The minimum Gasteiger partial charge on any atom is -0.381 e. The van der Waals surface area contributed by atoms with Gasteiger partial charge in [-0.2, -0.15) is 0 Å². The summed E-state index contributed by atoms with van der Waals surface area (Å²) in [5.74, 6) is -2.22. The number of nitrogens with zero attached hydrogens (tertiary/aromatic N) is 1. The summed E-state index contributed by atoms with van der Waals surface area (Å²) in [4.78, 5) is 41.0. The molecule has 2 aliphatic rings. The van der Waals surface area contributed by atoms with Crippen LogP contribution in [0.3, 0.4) is 0 Å². The van der Waals surface area contributed by atoms with Gasteiger partial charge in [0.25, 0.3) is 11.8 Å². The standard InChI is InChI=1S/C14H13NO5/c16-12-10-5-1-2-6-11(10)13(17)15(12)20-14(18)9-4-3-7-19-8-9/h1-2,5-6,9H,3-4,7-8H2. The van der Waals surface area contributed by atoms with Crippen molar-refractivity contribution in [3.8, 4) is 0 Å². The van der Waals surface area contributed by atoms with E-state index >= 15 is 0 Å². The van der Waals surface area contributed by atoms with E-state index in [9.17, 15) is 14.4 Å². The van der Waals surface area contributed by atoms with Gasteiger partial charge in [-0.3, -0.25) is 9.59 Å². The molecule has 104 valence electrons. The molecule has 1 aromatic carbocycles. The van der Waals surface area contributed by atoms with Gasteiger partial charge < -0.3 is 9.57 Å². The third kappa shape index (κ3) is 2.08. The highest BCUT2D eigenvalue weighted by Crippen LogP contribution is 2.24. The number of ether oxygens (including phenoxy) is 1. The summed E-state index contributed by atoms with van der Waals surface area (Å²) < 4.78 is 5.19. The van der Waals surface area contributed by atoms with Crippen molar-refractivity contribution < 1.29 is 24.0 Å². The van der Waals surface area contributed by atoms with Gasteiger partial charge in [0.1, 0.15) is 0 Å². The van der Waals surface area contributed by atoms with Crippen molar-refractivity contribution in [3.05, 3.63) is 35.4 Å². The Morgan fingerprint density at radius 3 is 2.40 bits per heavy atom. The molecule has 1 saturated heterocycles. The normalized spacial score (nSPS) is 21.8. The number of carbonyl (C=O) groups excluding carboxylic acids is 3. The van der Waals surface area contributed by atoms with Crippen molar-refractivity contribution in [1.82, 2.24) is 5.06 Å². The Bertz CT molecular complexity index is 542. The highest BCUT2D eigenvalue weighted by molar-refractivity contribution is 6.20. The second-order valence-electron chi connectivity index (χ2n) is 4.77. The summed E-state index contributed by atoms with van der Waals surface area (Å²) >= 11 is 0. The number of hydroxylamine groups is 2. The predicted molar refractivity (Wildman–Crippen MR) is 66.6 cm³/mol. The van der Waals surface area contributed by atoms with Crippen LogP contribution in [-0.2, 0) is 14.4 Å². The van der Waals surface area contributed by atoms with Crippen LogP contribution in [0.1, 0.15) is 33.6 Å². The molecule has 6 nitrogen and oxygen atoms in total. The van der Waals surface area contributed by atoms with Gasteiger partial charge in [0, 0.05) is 6.61 Å². The summed E-state index contributed by atoms with van der Waals surface area (Å²) in [6, 6.07) is 6.38. The summed E-state index contributed by atoms with van der Waals surface area (Å²) in [6.45, 7) is 0.888. The van der Waals surface area contributed by atoms with Crippen molar-refractivity contribution >= 4 is 17.8 Å².